The van der Waals surface area contributed by atoms with Crippen LogP contribution in [0.25, 0.3) is 0 Å². The fourth-order valence-electron chi connectivity index (χ4n) is 3.00. The van der Waals surface area contributed by atoms with Gasteiger partial charge >= 0.3 is 0 Å². The first-order chi connectivity index (χ1) is 14.3. The van der Waals surface area contributed by atoms with Gasteiger partial charge in [0.05, 0.1) is 23.6 Å². The molecule has 1 amide bonds. The smallest absolute Gasteiger partial charge is 0.262 e. The molecule has 7 heteroatoms. The number of anilines is 2. The highest BCUT2D eigenvalue weighted by Crippen LogP contribution is 2.30. The predicted octanol–water partition coefficient (Wildman–Crippen LogP) is 4.55. The number of ether oxygens (including phenoxy) is 1. The fourth-order valence-corrected chi connectivity index (χ4v) is 4.06. The van der Waals surface area contributed by atoms with E-state index in [2.05, 4.69) is 10.0 Å². The third-order valence-electron chi connectivity index (χ3n) is 4.70. The van der Waals surface area contributed by atoms with Crippen LogP contribution in [0.1, 0.15) is 24.0 Å². The van der Waals surface area contributed by atoms with Crippen molar-refractivity contribution in [2.24, 2.45) is 0 Å². The van der Waals surface area contributed by atoms with Gasteiger partial charge in [-0.15, -0.1) is 0 Å². The maximum absolute atomic E-state index is 12.8. The molecule has 0 spiro atoms. The van der Waals surface area contributed by atoms with E-state index in [0.717, 1.165) is 11.1 Å². The molecule has 30 heavy (non-hydrogen) atoms. The van der Waals surface area contributed by atoms with E-state index >= 15 is 0 Å². The Bertz CT molecular complexity index is 1140. The van der Waals surface area contributed by atoms with E-state index in [4.69, 9.17) is 4.74 Å². The van der Waals surface area contributed by atoms with Gasteiger partial charge in [0.25, 0.3) is 10.0 Å². The van der Waals surface area contributed by atoms with Crippen LogP contribution in [0.5, 0.6) is 5.75 Å². The van der Waals surface area contributed by atoms with E-state index in [0.29, 0.717) is 11.4 Å². The average Bonchev–Trinajstić information content (AvgIpc) is 2.73. The van der Waals surface area contributed by atoms with Gasteiger partial charge < -0.3 is 10.1 Å². The molecule has 0 radical (unpaired) electrons. The molecule has 0 heterocycles. The molecule has 1 atom stereocenters. The predicted molar refractivity (Wildman–Crippen MR) is 118 cm³/mol. The zero-order valence-electron chi connectivity index (χ0n) is 17.0. The largest absolute Gasteiger partial charge is 0.495 e. The van der Waals surface area contributed by atoms with Gasteiger partial charge in [-0.3, -0.25) is 9.52 Å². The van der Waals surface area contributed by atoms with Crippen LogP contribution in [-0.2, 0) is 14.8 Å². The quantitative estimate of drug-likeness (QED) is 0.583. The molecule has 0 aliphatic carbocycles. The monoisotopic (exact) mass is 424 g/mol. The molecule has 0 saturated carbocycles. The first kappa shape index (κ1) is 21.4. The summed E-state index contributed by atoms with van der Waals surface area (Å²) >= 11 is 0. The molecular weight excluding hydrogens is 400 g/mol. The first-order valence-corrected chi connectivity index (χ1v) is 10.9. The summed E-state index contributed by atoms with van der Waals surface area (Å²) in [5.74, 6) is -0.328. The summed E-state index contributed by atoms with van der Waals surface area (Å²) in [6.45, 7) is 3.69. The van der Waals surface area contributed by atoms with Crippen molar-refractivity contribution in [1.29, 1.82) is 0 Å². The summed E-state index contributed by atoms with van der Waals surface area (Å²) in [5.41, 5.74) is 2.71. The molecule has 0 aliphatic rings. The molecule has 0 aliphatic heterocycles. The summed E-state index contributed by atoms with van der Waals surface area (Å²) in [6, 6.07) is 20.8. The summed E-state index contributed by atoms with van der Waals surface area (Å²) in [7, 11) is -2.38. The number of benzene rings is 3. The lowest BCUT2D eigenvalue weighted by Gasteiger charge is -2.16. The number of sulfonamides is 1. The van der Waals surface area contributed by atoms with Crippen LogP contribution in [0.15, 0.2) is 77.7 Å². The number of methoxy groups -OCH3 is 1. The van der Waals surface area contributed by atoms with Crippen LogP contribution in [-0.4, -0.2) is 21.4 Å². The molecule has 2 N–H and O–H groups in total. The van der Waals surface area contributed by atoms with Crippen LogP contribution in [0.4, 0.5) is 11.4 Å². The third kappa shape index (κ3) is 4.99. The molecule has 3 aromatic carbocycles. The fraction of sp³-hybridized carbons (Fsp3) is 0.174. The number of hydrogen-bond acceptors (Lipinski definition) is 4. The normalized spacial score (nSPS) is 12.1. The Morgan fingerprint density at radius 1 is 0.967 bits per heavy atom. The van der Waals surface area contributed by atoms with Crippen LogP contribution >= 0.6 is 0 Å². The highest BCUT2D eigenvalue weighted by atomic mass is 32.2. The minimum absolute atomic E-state index is 0.0370. The summed E-state index contributed by atoms with van der Waals surface area (Å²) in [4.78, 5) is 12.7. The molecule has 3 rings (SSSR count). The van der Waals surface area contributed by atoms with Crippen LogP contribution < -0.4 is 14.8 Å². The second-order valence-corrected chi connectivity index (χ2v) is 8.64. The van der Waals surface area contributed by atoms with Crippen LogP contribution in [0.3, 0.4) is 0 Å². The molecule has 3 aromatic rings. The van der Waals surface area contributed by atoms with Crippen molar-refractivity contribution in [1.82, 2.24) is 0 Å². The molecule has 6 nitrogen and oxygen atoms in total. The van der Waals surface area contributed by atoms with Crippen molar-refractivity contribution >= 4 is 27.3 Å². The SMILES string of the molecule is COc1cc(S(=O)(=O)Nc2cccc(C)c2)ccc1NC(=O)[C@H](C)c1ccccc1. The van der Waals surface area contributed by atoms with Gasteiger partial charge in [-0.1, -0.05) is 42.5 Å². The van der Waals surface area contributed by atoms with Crippen molar-refractivity contribution in [3.8, 4) is 5.75 Å². The number of rotatable bonds is 7. The summed E-state index contributed by atoms with van der Waals surface area (Å²) in [6.07, 6.45) is 0. The Hall–Kier alpha value is -3.32. The van der Waals surface area contributed by atoms with Gasteiger partial charge in [0.2, 0.25) is 5.91 Å². The maximum Gasteiger partial charge on any atom is 0.262 e. The van der Waals surface area contributed by atoms with Gasteiger partial charge in [-0.2, -0.15) is 0 Å². The minimum atomic E-state index is -3.81. The molecular formula is C23H24N2O4S. The molecule has 0 aromatic heterocycles. The number of nitrogens with one attached hydrogen (secondary N) is 2. The molecule has 0 fully saturated rings. The Labute approximate surface area is 177 Å². The van der Waals surface area contributed by atoms with E-state index < -0.39 is 10.0 Å². The van der Waals surface area contributed by atoms with Gasteiger partial charge in [0.1, 0.15) is 5.75 Å². The highest BCUT2D eigenvalue weighted by Gasteiger charge is 2.20. The number of hydrogen-bond donors (Lipinski definition) is 2. The highest BCUT2D eigenvalue weighted by molar-refractivity contribution is 7.92. The number of carbonyl (C=O) groups excluding carboxylic acids is 1. The van der Waals surface area contributed by atoms with Crippen molar-refractivity contribution in [2.75, 3.05) is 17.1 Å². The van der Waals surface area contributed by atoms with Gasteiger partial charge in [0, 0.05) is 11.8 Å². The Morgan fingerprint density at radius 2 is 1.70 bits per heavy atom. The van der Waals surface area contributed by atoms with Gasteiger partial charge in [-0.25, -0.2) is 8.42 Å². The number of aryl methyl sites for hydroxylation is 1. The molecule has 156 valence electrons. The van der Waals surface area contributed by atoms with Gasteiger partial charge in [-0.05, 0) is 49.2 Å². The zero-order valence-corrected chi connectivity index (χ0v) is 17.9. The zero-order chi connectivity index (χ0) is 21.7. The lowest BCUT2D eigenvalue weighted by atomic mass is 10.0. The summed E-state index contributed by atoms with van der Waals surface area (Å²) in [5, 5.41) is 2.82. The minimum Gasteiger partial charge on any atom is -0.495 e. The topological polar surface area (TPSA) is 84.5 Å². The van der Waals surface area contributed by atoms with Crippen LogP contribution in [0.2, 0.25) is 0 Å². The van der Waals surface area contributed by atoms with Gasteiger partial charge in [0.15, 0.2) is 0 Å². The molecule has 0 unspecified atom stereocenters. The van der Waals surface area contributed by atoms with E-state index in [1.807, 2.05) is 50.2 Å². The third-order valence-corrected chi connectivity index (χ3v) is 6.08. The first-order valence-electron chi connectivity index (χ1n) is 9.43. The lowest BCUT2D eigenvalue weighted by Crippen LogP contribution is -2.19. The Balaban J connectivity index is 1.81. The van der Waals surface area contributed by atoms with Crippen molar-refractivity contribution in [3.05, 3.63) is 83.9 Å². The van der Waals surface area contributed by atoms with Crippen molar-refractivity contribution < 1.29 is 17.9 Å². The number of amides is 1. The van der Waals surface area contributed by atoms with Crippen molar-refractivity contribution in [3.63, 3.8) is 0 Å². The summed E-state index contributed by atoms with van der Waals surface area (Å²) < 4.78 is 33.4. The molecule has 0 saturated heterocycles. The second kappa shape index (κ2) is 9.00. The van der Waals surface area contributed by atoms with E-state index in [1.54, 1.807) is 18.2 Å². The van der Waals surface area contributed by atoms with Crippen molar-refractivity contribution in [2.45, 2.75) is 24.7 Å². The maximum atomic E-state index is 12.8. The average molecular weight is 425 g/mol. The second-order valence-electron chi connectivity index (χ2n) is 6.96. The standard InChI is InChI=1S/C23H24N2O4S/c1-16-8-7-11-19(14-16)25-30(27,28)20-12-13-21(22(15-20)29-3)24-23(26)17(2)18-9-5-4-6-10-18/h4-15,17,25H,1-3H3,(H,24,26)/t17-/m1/s1. The lowest BCUT2D eigenvalue weighted by molar-refractivity contribution is -0.117. The van der Waals surface area contributed by atoms with E-state index in [1.165, 1.54) is 25.3 Å². The Kier molecular flexibility index (Phi) is 6.42. The molecule has 0 bridgehead atoms. The number of carbonyl (C=O) groups is 1. The van der Waals surface area contributed by atoms with Crippen LogP contribution in [0, 0.1) is 6.92 Å². The Morgan fingerprint density at radius 3 is 2.37 bits per heavy atom. The van der Waals surface area contributed by atoms with E-state index in [9.17, 15) is 13.2 Å². The van der Waals surface area contributed by atoms with E-state index in [-0.39, 0.29) is 22.5 Å².